The SMILES string of the molecule is CCC(Cl)C(=O)O.[Na]. The minimum atomic E-state index is -0.941. The molecular formula is C4H7ClNaO2. The van der Waals surface area contributed by atoms with Crippen LogP contribution in [0, 0.1) is 0 Å². The Morgan fingerprint density at radius 2 is 2.25 bits per heavy atom. The van der Waals surface area contributed by atoms with Gasteiger partial charge < -0.3 is 5.11 Å². The Bertz CT molecular complexity index is 76.4. The van der Waals surface area contributed by atoms with Gasteiger partial charge in [0.25, 0.3) is 0 Å². The molecule has 0 aliphatic heterocycles. The van der Waals surface area contributed by atoms with Crippen molar-refractivity contribution >= 4 is 47.1 Å². The summed E-state index contributed by atoms with van der Waals surface area (Å²) in [5, 5.41) is 7.34. The first-order valence-electron chi connectivity index (χ1n) is 2.05. The summed E-state index contributed by atoms with van der Waals surface area (Å²) in [5.41, 5.74) is 0. The van der Waals surface area contributed by atoms with Crippen molar-refractivity contribution in [3.63, 3.8) is 0 Å². The van der Waals surface area contributed by atoms with Crippen molar-refractivity contribution in [3.8, 4) is 0 Å². The summed E-state index contributed by atoms with van der Waals surface area (Å²) in [6.07, 6.45) is 0.483. The van der Waals surface area contributed by atoms with Gasteiger partial charge in [-0.2, -0.15) is 0 Å². The van der Waals surface area contributed by atoms with Gasteiger partial charge >= 0.3 is 5.97 Å². The van der Waals surface area contributed by atoms with Crippen LogP contribution in [0.1, 0.15) is 13.3 Å². The third-order valence-corrected chi connectivity index (χ3v) is 1.12. The van der Waals surface area contributed by atoms with Gasteiger partial charge in [-0.15, -0.1) is 11.6 Å². The van der Waals surface area contributed by atoms with Gasteiger partial charge in [-0.25, -0.2) is 0 Å². The second-order valence-electron chi connectivity index (χ2n) is 1.21. The van der Waals surface area contributed by atoms with Crippen molar-refractivity contribution in [1.82, 2.24) is 0 Å². The third kappa shape index (κ3) is 4.91. The number of hydrogen-bond acceptors (Lipinski definition) is 1. The first-order chi connectivity index (χ1) is 3.18. The molecular weight excluding hydrogens is 138 g/mol. The molecule has 0 aromatic carbocycles. The molecule has 1 atom stereocenters. The van der Waals surface area contributed by atoms with Crippen molar-refractivity contribution in [1.29, 1.82) is 0 Å². The fourth-order valence-electron chi connectivity index (χ4n) is 0.175. The molecule has 0 amide bonds. The number of hydrogen-bond donors (Lipinski definition) is 1. The molecule has 4 heteroatoms. The number of alkyl halides is 1. The molecule has 1 N–H and O–H groups in total. The van der Waals surface area contributed by atoms with Crippen molar-refractivity contribution in [2.45, 2.75) is 18.7 Å². The Labute approximate surface area is 75.5 Å². The molecule has 0 aromatic heterocycles. The molecule has 0 aliphatic rings. The van der Waals surface area contributed by atoms with Crippen LogP contribution in [0.15, 0.2) is 0 Å². The van der Waals surface area contributed by atoms with Gasteiger partial charge in [0.1, 0.15) is 5.38 Å². The molecule has 1 unspecified atom stereocenters. The van der Waals surface area contributed by atoms with E-state index in [0.29, 0.717) is 6.42 Å². The Hall–Kier alpha value is 0.760. The Balaban J connectivity index is 0. The molecule has 0 fully saturated rings. The van der Waals surface area contributed by atoms with E-state index in [-0.39, 0.29) is 29.6 Å². The predicted octanol–water partition coefficient (Wildman–Crippen LogP) is 0.708. The molecule has 0 aliphatic carbocycles. The maximum atomic E-state index is 9.80. The number of carbonyl (C=O) groups is 1. The van der Waals surface area contributed by atoms with E-state index in [2.05, 4.69) is 0 Å². The molecule has 1 radical (unpaired) electrons. The largest absolute Gasteiger partial charge is 0.480 e. The van der Waals surface area contributed by atoms with Crippen LogP contribution in [0.2, 0.25) is 0 Å². The summed E-state index contributed by atoms with van der Waals surface area (Å²) in [6.45, 7) is 1.73. The van der Waals surface area contributed by atoms with Crippen LogP contribution in [-0.4, -0.2) is 46.0 Å². The minimum Gasteiger partial charge on any atom is -0.480 e. The van der Waals surface area contributed by atoms with Crippen LogP contribution < -0.4 is 0 Å². The topological polar surface area (TPSA) is 37.3 Å². The predicted molar refractivity (Wildman–Crippen MR) is 33.3 cm³/mol. The minimum absolute atomic E-state index is 0. The zero-order valence-electron chi connectivity index (χ0n) is 5.02. The smallest absolute Gasteiger partial charge is 0.321 e. The first kappa shape index (κ1) is 11.5. The van der Waals surface area contributed by atoms with Gasteiger partial charge in [-0.3, -0.25) is 4.79 Å². The van der Waals surface area contributed by atoms with E-state index in [9.17, 15) is 4.79 Å². The summed E-state index contributed by atoms with van der Waals surface area (Å²) in [5.74, 6) is -0.941. The summed E-state index contributed by atoms with van der Waals surface area (Å²) in [4.78, 5) is 9.80. The summed E-state index contributed by atoms with van der Waals surface area (Å²) in [6, 6.07) is 0. The molecule has 0 heterocycles. The molecule has 0 saturated heterocycles. The Morgan fingerprint density at radius 3 is 2.25 bits per heavy atom. The van der Waals surface area contributed by atoms with Gasteiger partial charge in [0, 0.05) is 29.6 Å². The quantitative estimate of drug-likeness (QED) is 0.459. The van der Waals surface area contributed by atoms with Crippen LogP contribution in [0.25, 0.3) is 0 Å². The van der Waals surface area contributed by atoms with Crippen molar-refractivity contribution < 1.29 is 9.90 Å². The van der Waals surface area contributed by atoms with E-state index in [1.165, 1.54) is 0 Å². The Morgan fingerprint density at radius 1 is 1.88 bits per heavy atom. The van der Waals surface area contributed by atoms with Crippen LogP contribution >= 0.6 is 11.6 Å². The van der Waals surface area contributed by atoms with E-state index >= 15 is 0 Å². The summed E-state index contributed by atoms with van der Waals surface area (Å²) in [7, 11) is 0. The average Bonchev–Trinajstić information content (AvgIpc) is 1.65. The van der Waals surface area contributed by atoms with Crippen LogP contribution in [0.5, 0.6) is 0 Å². The van der Waals surface area contributed by atoms with E-state index in [1.807, 2.05) is 0 Å². The number of carboxylic acid groups (broad SMARTS) is 1. The normalized spacial score (nSPS) is 11.8. The zero-order valence-corrected chi connectivity index (χ0v) is 7.77. The fraction of sp³-hybridized carbons (Fsp3) is 0.750. The van der Waals surface area contributed by atoms with E-state index in [1.54, 1.807) is 6.92 Å². The average molecular weight is 146 g/mol. The molecule has 0 rings (SSSR count). The fourth-order valence-corrected chi connectivity index (χ4v) is 0.175. The summed E-state index contributed by atoms with van der Waals surface area (Å²) < 4.78 is 0. The van der Waals surface area contributed by atoms with Gasteiger partial charge in [0.15, 0.2) is 0 Å². The van der Waals surface area contributed by atoms with Crippen LogP contribution in [0.4, 0.5) is 0 Å². The Kier molecular flexibility index (Phi) is 8.50. The molecule has 8 heavy (non-hydrogen) atoms. The molecule has 2 nitrogen and oxygen atoms in total. The van der Waals surface area contributed by atoms with Gasteiger partial charge in [0.05, 0.1) is 0 Å². The van der Waals surface area contributed by atoms with E-state index < -0.39 is 11.3 Å². The maximum absolute atomic E-state index is 9.80. The summed E-state index contributed by atoms with van der Waals surface area (Å²) >= 11 is 5.20. The second kappa shape index (κ2) is 5.89. The van der Waals surface area contributed by atoms with Gasteiger partial charge in [-0.1, -0.05) is 6.92 Å². The maximum Gasteiger partial charge on any atom is 0.321 e. The van der Waals surface area contributed by atoms with Crippen molar-refractivity contribution in [2.24, 2.45) is 0 Å². The first-order valence-corrected chi connectivity index (χ1v) is 2.49. The van der Waals surface area contributed by atoms with Crippen molar-refractivity contribution in [2.75, 3.05) is 0 Å². The van der Waals surface area contributed by atoms with Crippen molar-refractivity contribution in [3.05, 3.63) is 0 Å². The number of halogens is 1. The monoisotopic (exact) mass is 145 g/mol. The van der Waals surface area contributed by atoms with Crippen LogP contribution in [-0.2, 0) is 4.79 Å². The molecule has 0 aromatic rings. The number of aliphatic carboxylic acids is 1. The number of carboxylic acids is 1. The standard InChI is InChI=1S/C4H7ClO2.Na/c1-2-3(5)4(6)7;/h3H,2H2,1H3,(H,6,7);. The molecule has 0 saturated carbocycles. The van der Waals surface area contributed by atoms with Crippen LogP contribution in [0.3, 0.4) is 0 Å². The molecule has 0 spiro atoms. The van der Waals surface area contributed by atoms with Gasteiger partial charge in [-0.05, 0) is 6.42 Å². The zero-order chi connectivity index (χ0) is 5.86. The molecule has 0 bridgehead atoms. The van der Waals surface area contributed by atoms with E-state index in [4.69, 9.17) is 16.7 Å². The third-order valence-electron chi connectivity index (χ3n) is 0.626. The van der Waals surface area contributed by atoms with Gasteiger partial charge in [0.2, 0.25) is 0 Å². The number of rotatable bonds is 2. The van der Waals surface area contributed by atoms with E-state index in [0.717, 1.165) is 0 Å². The second-order valence-corrected chi connectivity index (χ2v) is 1.74. The molecule has 43 valence electrons.